The third kappa shape index (κ3) is 1.91. The van der Waals surface area contributed by atoms with Gasteiger partial charge in [-0.3, -0.25) is 0 Å². The van der Waals surface area contributed by atoms with E-state index >= 15 is 0 Å². The van der Waals surface area contributed by atoms with E-state index in [1.165, 1.54) is 11.1 Å². The number of hydrogen-bond donors (Lipinski definition) is 1. The highest BCUT2D eigenvalue weighted by atomic mass is 31.0. The number of nitrogens with one attached hydrogen (secondary N) is 1. The summed E-state index contributed by atoms with van der Waals surface area (Å²) in [5, 5.41) is 3.44. The third-order valence-corrected chi connectivity index (χ3v) is 2.67. The van der Waals surface area contributed by atoms with Gasteiger partial charge in [0.25, 0.3) is 0 Å². The predicted molar refractivity (Wildman–Crippen MR) is 56.6 cm³/mol. The van der Waals surface area contributed by atoms with Crippen molar-refractivity contribution < 1.29 is 4.52 Å². The van der Waals surface area contributed by atoms with Gasteiger partial charge in [0.1, 0.15) is 0 Å². The van der Waals surface area contributed by atoms with Crippen molar-refractivity contribution in [2.75, 3.05) is 13.2 Å². The van der Waals surface area contributed by atoms with Gasteiger partial charge in [0.2, 0.25) is 0 Å². The Morgan fingerprint density at radius 3 is 3.15 bits per heavy atom. The summed E-state index contributed by atoms with van der Waals surface area (Å²) in [4.78, 5) is 0. The SMILES string of the molecule is POCC1NCCc2ccccc21. The Kier molecular flexibility index (Phi) is 2.94. The first-order valence-corrected chi connectivity index (χ1v) is 5.02. The van der Waals surface area contributed by atoms with Gasteiger partial charge in [-0.1, -0.05) is 24.3 Å². The maximum absolute atomic E-state index is 5.09. The smallest absolute Gasteiger partial charge is 0.0697 e. The lowest BCUT2D eigenvalue weighted by Crippen LogP contribution is -2.32. The van der Waals surface area contributed by atoms with E-state index in [0.29, 0.717) is 6.04 Å². The van der Waals surface area contributed by atoms with Crippen LogP contribution in [-0.4, -0.2) is 13.2 Å². The Bertz CT molecular complexity index is 290. The molecule has 2 rings (SSSR count). The molecule has 2 atom stereocenters. The third-order valence-electron chi connectivity index (χ3n) is 2.48. The Morgan fingerprint density at radius 1 is 1.46 bits per heavy atom. The maximum Gasteiger partial charge on any atom is 0.0697 e. The van der Waals surface area contributed by atoms with Crippen molar-refractivity contribution in [3.8, 4) is 0 Å². The van der Waals surface area contributed by atoms with Crippen LogP contribution in [0.25, 0.3) is 0 Å². The second-order valence-electron chi connectivity index (χ2n) is 3.29. The molecule has 13 heavy (non-hydrogen) atoms. The monoisotopic (exact) mass is 195 g/mol. The van der Waals surface area contributed by atoms with E-state index in [-0.39, 0.29) is 0 Å². The molecule has 0 saturated carbocycles. The molecule has 3 heteroatoms. The molecule has 0 fully saturated rings. The van der Waals surface area contributed by atoms with Crippen LogP contribution < -0.4 is 5.32 Å². The van der Waals surface area contributed by atoms with Crippen LogP contribution in [0.1, 0.15) is 17.2 Å². The van der Waals surface area contributed by atoms with Crippen LogP contribution in [0.2, 0.25) is 0 Å². The van der Waals surface area contributed by atoms with E-state index < -0.39 is 0 Å². The number of rotatable bonds is 2. The highest BCUT2D eigenvalue weighted by Gasteiger charge is 2.18. The highest BCUT2D eigenvalue weighted by Crippen LogP contribution is 2.22. The molecule has 70 valence electrons. The van der Waals surface area contributed by atoms with Crippen LogP contribution in [0.15, 0.2) is 24.3 Å². The Morgan fingerprint density at radius 2 is 2.31 bits per heavy atom. The van der Waals surface area contributed by atoms with Gasteiger partial charge < -0.3 is 9.84 Å². The molecule has 0 amide bonds. The highest BCUT2D eigenvalue weighted by molar-refractivity contribution is 7.09. The maximum atomic E-state index is 5.09. The summed E-state index contributed by atoms with van der Waals surface area (Å²) in [6.45, 7) is 1.78. The Hall–Kier alpha value is -0.430. The lowest BCUT2D eigenvalue weighted by molar-refractivity contribution is 0.298. The molecule has 1 aliphatic rings. The van der Waals surface area contributed by atoms with Gasteiger partial charge in [-0.2, -0.15) is 0 Å². The summed E-state index contributed by atoms with van der Waals surface area (Å²) in [6, 6.07) is 8.93. The van der Waals surface area contributed by atoms with Crippen molar-refractivity contribution >= 4 is 9.47 Å². The molecule has 2 unspecified atom stereocenters. The fourth-order valence-corrected chi connectivity index (χ4v) is 2.03. The van der Waals surface area contributed by atoms with Crippen LogP contribution in [0.4, 0.5) is 0 Å². The van der Waals surface area contributed by atoms with Gasteiger partial charge in [0.05, 0.1) is 12.6 Å². The zero-order valence-corrected chi connectivity index (χ0v) is 8.65. The minimum atomic E-state index is 0.363. The molecule has 0 saturated heterocycles. The largest absolute Gasteiger partial charge is 0.364 e. The first-order chi connectivity index (χ1) is 6.42. The van der Waals surface area contributed by atoms with Crippen molar-refractivity contribution in [2.45, 2.75) is 12.5 Å². The van der Waals surface area contributed by atoms with Crippen molar-refractivity contribution in [3.05, 3.63) is 35.4 Å². The summed E-state index contributed by atoms with van der Waals surface area (Å²) in [7, 11) is 2.30. The number of fused-ring (bicyclic) bond motifs is 1. The van der Waals surface area contributed by atoms with Gasteiger partial charge >= 0.3 is 0 Å². The summed E-state index contributed by atoms with van der Waals surface area (Å²) in [6.07, 6.45) is 1.13. The van der Waals surface area contributed by atoms with Gasteiger partial charge in [-0.25, -0.2) is 0 Å². The molecule has 2 nitrogen and oxygen atoms in total. The molecule has 1 aromatic rings. The molecule has 0 aliphatic carbocycles. The van der Waals surface area contributed by atoms with Gasteiger partial charge in [-0.05, 0) is 24.1 Å². The average molecular weight is 195 g/mol. The van der Waals surface area contributed by atoms with Crippen LogP contribution in [-0.2, 0) is 10.9 Å². The minimum absolute atomic E-state index is 0.363. The zero-order chi connectivity index (χ0) is 9.10. The topological polar surface area (TPSA) is 21.3 Å². The minimum Gasteiger partial charge on any atom is -0.364 e. The molecule has 0 bridgehead atoms. The molecule has 1 N–H and O–H groups in total. The van der Waals surface area contributed by atoms with Crippen LogP contribution in [0.3, 0.4) is 0 Å². The first kappa shape index (κ1) is 9.14. The van der Waals surface area contributed by atoms with Crippen molar-refractivity contribution in [2.24, 2.45) is 0 Å². The number of benzene rings is 1. The number of hydrogen-bond acceptors (Lipinski definition) is 2. The lowest BCUT2D eigenvalue weighted by Gasteiger charge is -2.26. The standard InChI is InChI=1S/C10H14NOP/c13-12-7-10-9-4-2-1-3-8(9)5-6-11-10/h1-4,10-11H,5-7,13H2. The summed E-state index contributed by atoms with van der Waals surface area (Å²) in [5.41, 5.74) is 2.84. The molecular formula is C10H14NOP. The molecule has 1 aliphatic heterocycles. The molecule has 0 radical (unpaired) electrons. The second kappa shape index (κ2) is 4.19. The van der Waals surface area contributed by atoms with Gasteiger partial charge in [0, 0.05) is 9.47 Å². The van der Waals surface area contributed by atoms with Crippen LogP contribution in [0.5, 0.6) is 0 Å². The Labute approximate surface area is 81.0 Å². The van der Waals surface area contributed by atoms with E-state index in [4.69, 9.17) is 4.52 Å². The summed E-state index contributed by atoms with van der Waals surface area (Å²) >= 11 is 0. The van der Waals surface area contributed by atoms with Crippen LogP contribution >= 0.6 is 9.47 Å². The van der Waals surface area contributed by atoms with Gasteiger partial charge in [0.15, 0.2) is 0 Å². The average Bonchev–Trinajstić information content (AvgIpc) is 2.19. The van der Waals surface area contributed by atoms with E-state index in [1.54, 1.807) is 0 Å². The first-order valence-electron chi connectivity index (χ1n) is 4.54. The zero-order valence-electron chi connectivity index (χ0n) is 7.49. The van der Waals surface area contributed by atoms with E-state index in [0.717, 1.165) is 19.6 Å². The Balaban J connectivity index is 2.26. The molecule has 0 spiro atoms. The van der Waals surface area contributed by atoms with Crippen molar-refractivity contribution in [1.82, 2.24) is 5.32 Å². The summed E-state index contributed by atoms with van der Waals surface area (Å²) < 4.78 is 5.09. The van der Waals surface area contributed by atoms with Gasteiger partial charge in [-0.15, -0.1) is 0 Å². The van der Waals surface area contributed by atoms with E-state index in [2.05, 4.69) is 39.0 Å². The fourth-order valence-electron chi connectivity index (χ4n) is 1.84. The molecular weight excluding hydrogens is 181 g/mol. The predicted octanol–water partition coefficient (Wildman–Crippen LogP) is 1.68. The lowest BCUT2D eigenvalue weighted by atomic mass is 9.95. The summed E-state index contributed by atoms with van der Waals surface area (Å²) in [5.74, 6) is 0. The van der Waals surface area contributed by atoms with E-state index in [1.807, 2.05) is 0 Å². The van der Waals surface area contributed by atoms with Crippen molar-refractivity contribution in [3.63, 3.8) is 0 Å². The normalized spacial score (nSPS) is 21.2. The molecule has 1 heterocycles. The van der Waals surface area contributed by atoms with Crippen LogP contribution in [0, 0.1) is 0 Å². The molecule has 0 aromatic heterocycles. The van der Waals surface area contributed by atoms with Crippen molar-refractivity contribution in [1.29, 1.82) is 0 Å². The molecule has 1 aromatic carbocycles. The fraction of sp³-hybridized carbons (Fsp3) is 0.400. The van der Waals surface area contributed by atoms with E-state index in [9.17, 15) is 0 Å². The quantitative estimate of drug-likeness (QED) is 0.725. The second-order valence-corrected chi connectivity index (χ2v) is 3.62.